The van der Waals surface area contributed by atoms with Crippen molar-refractivity contribution in [1.29, 1.82) is 0 Å². The number of carbonyl (C=O) groups is 1. The predicted octanol–water partition coefficient (Wildman–Crippen LogP) is 1.63. The van der Waals surface area contributed by atoms with Crippen LogP contribution in [-0.2, 0) is 4.79 Å². The molecule has 3 heteroatoms. The summed E-state index contributed by atoms with van der Waals surface area (Å²) in [5, 5.41) is 12.6. The third-order valence-corrected chi connectivity index (χ3v) is 3.62. The first-order chi connectivity index (χ1) is 6.69. The largest absolute Gasteiger partial charge is 0.480 e. The molecule has 0 amide bonds. The highest BCUT2D eigenvalue weighted by atomic mass is 16.4. The Morgan fingerprint density at radius 3 is 2.43 bits per heavy atom. The number of carboxylic acid groups (broad SMARTS) is 1. The van der Waals surface area contributed by atoms with Crippen molar-refractivity contribution in [2.75, 3.05) is 6.54 Å². The van der Waals surface area contributed by atoms with E-state index >= 15 is 0 Å². The zero-order valence-electron chi connectivity index (χ0n) is 8.75. The molecule has 0 radical (unpaired) electrons. The molecule has 3 nitrogen and oxygen atoms in total. The molecule has 0 aromatic rings. The summed E-state index contributed by atoms with van der Waals surface area (Å²) in [5.74, 6) is 0.478. The topological polar surface area (TPSA) is 49.3 Å². The molecule has 2 aliphatic carbocycles. The second-order valence-electron chi connectivity index (χ2n) is 4.73. The van der Waals surface area contributed by atoms with Crippen LogP contribution < -0.4 is 5.32 Å². The van der Waals surface area contributed by atoms with Crippen LogP contribution in [0.5, 0.6) is 0 Å². The van der Waals surface area contributed by atoms with Crippen molar-refractivity contribution in [1.82, 2.24) is 5.32 Å². The average Bonchev–Trinajstić information content (AvgIpc) is 3.01. The minimum Gasteiger partial charge on any atom is -0.480 e. The fourth-order valence-corrected chi connectivity index (χ4v) is 2.18. The molecule has 2 rings (SSSR count). The summed E-state index contributed by atoms with van der Waals surface area (Å²) in [5.41, 5.74) is -0.609. The van der Waals surface area contributed by atoms with Crippen LogP contribution in [-0.4, -0.2) is 23.2 Å². The molecule has 0 aromatic heterocycles. The van der Waals surface area contributed by atoms with Crippen LogP contribution in [0.3, 0.4) is 0 Å². The van der Waals surface area contributed by atoms with Gasteiger partial charge in [0.1, 0.15) is 5.54 Å². The Morgan fingerprint density at radius 1 is 1.43 bits per heavy atom. The molecule has 2 saturated carbocycles. The minimum atomic E-state index is -0.650. The molecular weight excluding hydrogens is 178 g/mol. The molecule has 14 heavy (non-hydrogen) atoms. The monoisotopic (exact) mass is 197 g/mol. The summed E-state index contributed by atoms with van der Waals surface area (Å²) < 4.78 is 0. The van der Waals surface area contributed by atoms with Gasteiger partial charge < -0.3 is 10.4 Å². The third-order valence-electron chi connectivity index (χ3n) is 3.62. The maximum atomic E-state index is 11.3. The number of aliphatic carboxylic acids is 1. The lowest BCUT2D eigenvalue weighted by Crippen LogP contribution is -2.54. The second kappa shape index (κ2) is 3.54. The van der Waals surface area contributed by atoms with Crippen LogP contribution >= 0.6 is 0 Å². The molecule has 0 heterocycles. The van der Waals surface area contributed by atoms with Gasteiger partial charge in [-0.2, -0.15) is 0 Å². The van der Waals surface area contributed by atoms with Gasteiger partial charge in [0.15, 0.2) is 0 Å². The number of hydrogen-bond donors (Lipinski definition) is 2. The van der Waals surface area contributed by atoms with Crippen LogP contribution in [0.4, 0.5) is 0 Å². The quantitative estimate of drug-likeness (QED) is 0.680. The molecule has 1 atom stereocenters. The molecule has 0 spiro atoms. The maximum Gasteiger partial charge on any atom is 0.324 e. The molecule has 0 bridgehead atoms. The zero-order chi connectivity index (χ0) is 10.2. The minimum absolute atomic E-state index is 0.378. The van der Waals surface area contributed by atoms with Gasteiger partial charge in [-0.25, -0.2) is 0 Å². The lowest BCUT2D eigenvalue weighted by Gasteiger charge is -2.29. The lowest BCUT2D eigenvalue weighted by atomic mass is 9.90. The summed E-state index contributed by atoms with van der Waals surface area (Å²) >= 11 is 0. The summed E-state index contributed by atoms with van der Waals surface area (Å²) in [4.78, 5) is 11.3. The van der Waals surface area contributed by atoms with E-state index in [2.05, 4.69) is 5.32 Å². The Bertz CT molecular complexity index is 233. The summed E-state index contributed by atoms with van der Waals surface area (Å²) in [6, 6.07) is 0. The van der Waals surface area contributed by atoms with E-state index in [1.54, 1.807) is 0 Å². The number of nitrogens with one attached hydrogen (secondary N) is 1. The van der Waals surface area contributed by atoms with E-state index in [4.69, 9.17) is 0 Å². The van der Waals surface area contributed by atoms with Gasteiger partial charge in [0.2, 0.25) is 0 Å². The molecule has 0 saturated heterocycles. The summed E-state index contributed by atoms with van der Waals surface area (Å²) in [7, 11) is 0. The van der Waals surface area contributed by atoms with Gasteiger partial charge in [-0.1, -0.05) is 6.92 Å². The Balaban J connectivity index is 1.97. The Hall–Kier alpha value is -0.570. The van der Waals surface area contributed by atoms with Crippen molar-refractivity contribution in [2.45, 2.75) is 44.6 Å². The molecule has 80 valence electrons. The van der Waals surface area contributed by atoms with Gasteiger partial charge in [-0.3, -0.25) is 4.79 Å². The number of carboxylic acids is 1. The van der Waals surface area contributed by atoms with Crippen molar-refractivity contribution >= 4 is 5.97 Å². The van der Waals surface area contributed by atoms with E-state index in [-0.39, 0.29) is 0 Å². The van der Waals surface area contributed by atoms with Crippen molar-refractivity contribution in [3.05, 3.63) is 0 Å². The van der Waals surface area contributed by atoms with Gasteiger partial charge in [0.25, 0.3) is 0 Å². The van der Waals surface area contributed by atoms with E-state index in [1.165, 1.54) is 12.8 Å². The van der Waals surface area contributed by atoms with Gasteiger partial charge in [0.05, 0.1) is 0 Å². The standard InChI is InChI=1S/C11H19NO2/c1-2-11(10(13)14,9-5-6-9)12-7-8-3-4-8/h8-9,12H,2-7H2,1H3,(H,13,14). The van der Waals surface area contributed by atoms with Gasteiger partial charge in [0, 0.05) is 0 Å². The average molecular weight is 197 g/mol. The maximum absolute atomic E-state index is 11.3. The van der Waals surface area contributed by atoms with Crippen LogP contribution in [0.15, 0.2) is 0 Å². The van der Waals surface area contributed by atoms with Gasteiger partial charge >= 0.3 is 5.97 Å². The van der Waals surface area contributed by atoms with E-state index in [1.807, 2.05) is 6.92 Å². The second-order valence-corrected chi connectivity index (χ2v) is 4.73. The highest BCUT2D eigenvalue weighted by Gasteiger charge is 2.50. The first kappa shape index (κ1) is 9.97. The Kier molecular flexibility index (Phi) is 2.52. The molecular formula is C11H19NO2. The smallest absolute Gasteiger partial charge is 0.324 e. The van der Waals surface area contributed by atoms with Gasteiger partial charge in [-0.15, -0.1) is 0 Å². The fraction of sp³-hybridized carbons (Fsp3) is 0.909. The number of rotatable bonds is 6. The normalized spacial score (nSPS) is 25.8. The van der Waals surface area contributed by atoms with Crippen LogP contribution in [0.25, 0.3) is 0 Å². The first-order valence-corrected chi connectivity index (χ1v) is 5.67. The van der Waals surface area contributed by atoms with E-state index in [0.717, 1.165) is 25.3 Å². The van der Waals surface area contributed by atoms with Crippen LogP contribution in [0.1, 0.15) is 39.0 Å². The summed E-state index contributed by atoms with van der Waals surface area (Å²) in [6.07, 6.45) is 5.42. The first-order valence-electron chi connectivity index (χ1n) is 5.67. The third kappa shape index (κ3) is 1.78. The van der Waals surface area contributed by atoms with Crippen molar-refractivity contribution < 1.29 is 9.90 Å². The van der Waals surface area contributed by atoms with Crippen LogP contribution in [0.2, 0.25) is 0 Å². The summed E-state index contributed by atoms with van der Waals surface area (Å²) in [6.45, 7) is 2.88. The fourth-order valence-electron chi connectivity index (χ4n) is 2.18. The zero-order valence-corrected chi connectivity index (χ0v) is 8.75. The molecule has 2 N–H and O–H groups in total. The van der Waals surface area contributed by atoms with Crippen molar-refractivity contribution in [2.24, 2.45) is 11.8 Å². The molecule has 2 aliphatic rings. The molecule has 0 aliphatic heterocycles. The predicted molar refractivity (Wildman–Crippen MR) is 54.1 cm³/mol. The molecule has 1 unspecified atom stereocenters. The molecule has 2 fully saturated rings. The SMILES string of the molecule is CCC(NCC1CC1)(C(=O)O)C1CC1. The van der Waals surface area contributed by atoms with Crippen molar-refractivity contribution in [3.63, 3.8) is 0 Å². The van der Waals surface area contributed by atoms with Crippen LogP contribution in [0, 0.1) is 11.8 Å². The highest BCUT2D eigenvalue weighted by molar-refractivity contribution is 5.79. The van der Waals surface area contributed by atoms with E-state index < -0.39 is 11.5 Å². The number of hydrogen-bond acceptors (Lipinski definition) is 2. The Labute approximate surface area is 84.9 Å². The van der Waals surface area contributed by atoms with Crippen molar-refractivity contribution in [3.8, 4) is 0 Å². The van der Waals surface area contributed by atoms with E-state index in [9.17, 15) is 9.90 Å². The van der Waals surface area contributed by atoms with E-state index in [0.29, 0.717) is 12.3 Å². The van der Waals surface area contributed by atoms with Gasteiger partial charge in [-0.05, 0) is 50.5 Å². The lowest BCUT2D eigenvalue weighted by molar-refractivity contribution is -0.146. The highest BCUT2D eigenvalue weighted by Crippen LogP contribution is 2.42. The molecule has 0 aromatic carbocycles. The Morgan fingerprint density at radius 2 is 2.07 bits per heavy atom.